The van der Waals surface area contributed by atoms with Crippen LogP contribution < -0.4 is 5.32 Å². The van der Waals surface area contributed by atoms with Gasteiger partial charge in [-0.3, -0.25) is 5.32 Å². The zero-order valence-electron chi connectivity index (χ0n) is 9.02. The highest BCUT2D eigenvalue weighted by Crippen LogP contribution is 2.38. The van der Waals surface area contributed by atoms with Crippen molar-refractivity contribution in [2.75, 3.05) is 6.61 Å². The number of hydrogen-bond donors (Lipinski definition) is 1. The Morgan fingerprint density at radius 2 is 2.00 bits per heavy atom. The Balaban J connectivity index is 2.00. The molecule has 0 aromatic heterocycles. The lowest BCUT2D eigenvalue weighted by Crippen LogP contribution is -2.63. The maximum absolute atomic E-state index is 5.82. The van der Waals surface area contributed by atoms with Crippen molar-refractivity contribution in [3.8, 4) is 0 Å². The van der Waals surface area contributed by atoms with Crippen LogP contribution in [0.25, 0.3) is 0 Å². The van der Waals surface area contributed by atoms with Gasteiger partial charge >= 0.3 is 0 Å². The van der Waals surface area contributed by atoms with E-state index in [4.69, 9.17) is 4.74 Å². The van der Waals surface area contributed by atoms with Crippen molar-refractivity contribution in [3.63, 3.8) is 0 Å². The highest BCUT2D eigenvalue weighted by atomic mass is 16.5. The second-order valence-electron chi connectivity index (χ2n) is 5.55. The highest BCUT2D eigenvalue weighted by Gasteiger charge is 2.44. The van der Waals surface area contributed by atoms with E-state index in [-0.39, 0.29) is 5.72 Å². The third-order valence-corrected chi connectivity index (χ3v) is 3.43. The number of ether oxygens (including phenoxy) is 1. The van der Waals surface area contributed by atoms with Crippen LogP contribution in [0.3, 0.4) is 0 Å². The standard InChI is InChI=1S/C11H21NO/c1-10(2,3)9-5-8-13-11(12-9)6-4-7-11/h9,12H,4-8H2,1-3H3. The van der Waals surface area contributed by atoms with Gasteiger partial charge in [0.25, 0.3) is 0 Å². The fraction of sp³-hybridized carbons (Fsp3) is 1.00. The van der Waals surface area contributed by atoms with E-state index in [1.165, 1.54) is 19.3 Å². The van der Waals surface area contributed by atoms with Gasteiger partial charge in [-0.25, -0.2) is 0 Å². The highest BCUT2D eigenvalue weighted by molar-refractivity contribution is 4.96. The van der Waals surface area contributed by atoms with Gasteiger partial charge in [-0.15, -0.1) is 0 Å². The molecule has 1 aliphatic heterocycles. The largest absolute Gasteiger partial charge is 0.361 e. The molecule has 1 saturated heterocycles. The average Bonchev–Trinajstić information content (AvgIpc) is 2.00. The first-order chi connectivity index (χ1) is 6.02. The monoisotopic (exact) mass is 183 g/mol. The molecule has 1 unspecified atom stereocenters. The topological polar surface area (TPSA) is 21.3 Å². The summed E-state index contributed by atoms with van der Waals surface area (Å²) in [5.74, 6) is 0. The van der Waals surface area contributed by atoms with Crippen LogP contribution in [0.2, 0.25) is 0 Å². The summed E-state index contributed by atoms with van der Waals surface area (Å²) >= 11 is 0. The molecule has 0 radical (unpaired) electrons. The first-order valence-electron chi connectivity index (χ1n) is 5.44. The zero-order valence-corrected chi connectivity index (χ0v) is 9.02. The van der Waals surface area contributed by atoms with Gasteiger partial charge in [-0.2, -0.15) is 0 Å². The van der Waals surface area contributed by atoms with Crippen LogP contribution >= 0.6 is 0 Å². The van der Waals surface area contributed by atoms with Crippen molar-refractivity contribution in [3.05, 3.63) is 0 Å². The molecule has 1 atom stereocenters. The van der Waals surface area contributed by atoms with Crippen molar-refractivity contribution in [2.24, 2.45) is 5.41 Å². The summed E-state index contributed by atoms with van der Waals surface area (Å²) in [5, 5.41) is 3.68. The first kappa shape index (κ1) is 9.47. The molecule has 0 aromatic carbocycles. The summed E-state index contributed by atoms with van der Waals surface area (Å²) in [6.07, 6.45) is 4.90. The van der Waals surface area contributed by atoms with Gasteiger partial charge in [0.1, 0.15) is 5.72 Å². The Morgan fingerprint density at radius 1 is 1.31 bits per heavy atom. The Labute approximate surface area is 81.0 Å². The van der Waals surface area contributed by atoms with Gasteiger partial charge in [0.05, 0.1) is 6.61 Å². The van der Waals surface area contributed by atoms with E-state index in [9.17, 15) is 0 Å². The van der Waals surface area contributed by atoms with Crippen LogP contribution in [0.5, 0.6) is 0 Å². The molecule has 1 spiro atoms. The molecule has 2 fully saturated rings. The second-order valence-corrected chi connectivity index (χ2v) is 5.55. The fourth-order valence-electron chi connectivity index (χ4n) is 2.24. The molecule has 2 aliphatic rings. The van der Waals surface area contributed by atoms with Gasteiger partial charge in [0.15, 0.2) is 0 Å². The van der Waals surface area contributed by atoms with E-state index in [0.717, 1.165) is 13.0 Å². The summed E-state index contributed by atoms with van der Waals surface area (Å²) in [6, 6.07) is 0.626. The molecule has 1 saturated carbocycles. The number of nitrogens with one attached hydrogen (secondary N) is 1. The van der Waals surface area contributed by atoms with Gasteiger partial charge in [-0.1, -0.05) is 20.8 Å². The minimum Gasteiger partial charge on any atom is -0.361 e. The molecule has 13 heavy (non-hydrogen) atoms. The zero-order chi connectivity index (χ0) is 9.53. The van der Waals surface area contributed by atoms with E-state index in [0.29, 0.717) is 11.5 Å². The second kappa shape index (κ2) is 2.96. The van der Waals surface area contributed by atoms with Crippen molar-refractivity contribution in [1.82, 2.24) is 5.32 Å². The van der Waals surface area contributed by atoms with Crippen LogP contribution in [0.1, 0.15) is 46.5 Å². The Bertz CT molecular complexity index is 191. The number of hydrogen-bond acceptors (Lipinski definition) is 2. The maximum atomic E-state index is 5.82. The molecular formula is C11H21NO. The Hall–Kier alpha value is -0.0800. The molecule has 1 heterocycles. The van der Waals surface area contributed by atoms with Gasteiger partial charge < -0.3 is 4.74 Å². The van der Waals surface area contributed by atoms with Gasteiger partial charge in [0, 0.05) is 6.04 Å². The average molecular weight is 183 g/mol. The Kier molecular flexibility index (Phi) is 2.16. The quantitative estimate of drug-likeness (QED) is 0.622. The molecule has 76 valence electrons. The Morgan fingerprint density at radius 3 is 2.46 bits per heavy atom. The van der Waals surface area contributed by atoms with Crippen LogP contribution in [0, 0.1) is 5.41 Å². The van der Waals surface area contributed by atoms with Crippen LogP contribution in [-0.2, 0) is 4.74 Å². The fourth-order valence-corrected chi connectivity index (χ4v) is 2.24. The lowest BCUT2D eigenvalue weighted by atomic mass is 9.79. The molecular weight excluding hydrogens is 162 g/mol. The minimum atomic E-state index is 0.0796. The summed E-state index contributed by atoms with van der Waals surface area (Å²) in [5.41, 5.74) is 0.447. The van der Waals surface area contributed by atoms with Crippen molar-refractivity contribution < 1.29 is 4.74 Å². The predicted molar refractivity (Wildman–Crippen MR) is 53.5 cm³/mol. The van der Waals surface area contributed by atoms with Gasteiger partial charge in [-0.05, 0) is 31.1 Å². The normalized spacial score (nSPS) is 33.0. The molecule has 0 bridgehead atoms. The molecule has 0 amide bonds. The summed E-state index contributed by atoms with van der Waals surface area (Å²) < 4.78 is 5.82. The summed E-state index contributed by atoms with van der Waals surface area (Å²) in [7, 11) is 0. The maximum Gasteiger partial charge on any atom is 0.119 e. The van der Waals surface area contributed by atoms with Crippen LogP contribution in [0.15, 0.2) is 0 Å². The van der Waals surface area contributed by atoms with Gasteiger partial charge in [0.2, 0.25) is 0 Å². The summed E-state index contributed by atoms with van der Waals surface area (Å²) in [6.45, 7) is 7.86. The van der Waals surface area contributed by atoms with Crippen LogP contribution in [0.4, 0.5) is 0 Å². The van der Waals surface area contributed by atoms with Crippen molar-refractivity contribution in [1.29, 1.82) is 0 Å². The van der Waals surface area contributed by atoms with E-state index in [1.54, 1.807) is 0 Å². The van der Waals surface area contributed by atoms with Crippen molar-refractivity contribution in [2.45, 2.75) is 58.2 Å². The molecule has 2 nitrogen and oxygen atoms in total. The first-order valence-corrected chi connectivity index (χ1v) is 5.44. The predicted octanol–water partition coefficient (Wildman–Crippen LogP) is 2.29. The molecule has 1 N–H and O–H groups in total. The van der Waals surface area contributed by atoms with Crippen molar-refractivity contribution >= 4 is 0 Å². The number of rotatable bonds is 0. The van der Waals surface area contributed by atoms with E-state index < -0.39 is 0 Å². The van der Waals surface area contributed by atoms with E-state index >= 15 is 0 Å². The lowest BCUT2D eigenvalue weighted by Gasteiger charge is -2.51. The van der Waals surface area contributed by atoms with Crippen LogP contribution in [-0.4, -0.2) is 18.4 Å². The minimum absolute atomic E-state index is 0.0796. The van der Waals surface area contributed by atoms with E-state index in [2.05, 4.69) is 26.1 Å². The third kappa shape index (κ3) is 1.75. The lowest BCUT2D eigenvalue weighted by molar-refractivity contribution is -0.166. The molecule has 1 aliphatic carbocycles. The molecule has 2 heteroatoms. The SMILES string of the molecule is CC(C)(C)C1CCOC2(CCC2)N1. The molecule has 0 aromatic rings. The third-order valence-electron chi connectivity index (χ3n) is 3.43. The van der Waals surface area contributed by atoms with E-state index in [1.807, 2.05) is 0 Å². The summed E-state index contributed by atoms with van der Waals surface area (Å²) in [4.78, 5) is 0. The smallest absolute Gasteiger partial charge is 0.119 e. The molecule has 2 rings (SSSR count).